The Bertz CT molecular complexity index is 1090. The summed E-state index contributed by atoms with van der Waals surface area (Å²) >= 11 is 0. The van der Waals surface area contributed by atoms with Crippen LogP contribution in [0.15, 0.2) is 42.5 Å². The molecular formula is C23H23N3O6. The average Bonchev–Trinajstić information content (AvgIpc) is 2.82. The third-order valence-corrected chi connectivity index (χ3v) is 5.67. The fourth-order valence-electron chi connectivity index (χ4n) is 3.94. The van der Waals surface area contributed by atoms with Crippen LogP contribution < -0.4 is 4.89 Å². The van der Waals surface area contributed by atoms with Crippen LogP contribution in [-0.2, 0) is 20.9 Å². The second-order valence-electron chi connectivity index (χ2n) is 7.64. The zero-order chi connectivity index (χ0) is 22.7. The summed E-state index contributed by atoms with van der Waals surface area (Å²) in [5.41, 5.74) is 2.55. The molecule has 2 heterocycles. The molecule has 2 aromatic rings. The molecule has 32 heavy (non-hydrogen) atoms. The van der Waals surface area contributed by atoms with Crippen LogP contribution in [0.5, 0.6) is 5.75 Å². The first kappa shape index (κ1) is 21.5. The average molecular weight is 437 g/mol. The molecule has 0 spiro atoms. The highest BCUT2D eigenvalue weighted by Gasteiger charge is 2.23. The van der Waals surface area contributed by atoms with Crippen LogP contribution in [0.4, 0.5) is 5.69 Å². The number of nitro groups is 1. The second-order valence-corrected chi connectivity index (χ2v) is 7.64. The lowest BCUT2D eigenvalue weighted by molar-refractivity contribution is -0.384. The first-order chi connectivity index (χ1) is 15.4. The van der Waals surface area contributed by atoms with E-state index in [1.807, 2.05) is 6.07 Å². The van der Waals surface area contributed by atoms with Crippen molar-refractivity contribution in [2.75, 3.05) is 32.8 Å². The van der Waals surface area contributed by atoms with Crippen LogP contribution in [0, 0.1) is 10.1 Å². The van der Waals surface area contributed by atoms with Gasteiger partial charge in [0.25, 0.3) is 5.69 Å². The number of hydrogen-bond acceptors (Lipinski definition) is 6. The monoisotopic (exact) mass is 437 g/mol. The smallest absolute Gasteiger partial charge is 0.277 e. The van der Waals surface area contributed by atoms with Crippen molar-refractivity contribution in [3.63, 3.8) is 0 Å². The van der Waals surface area contributed by atoms with E-state index in [4.69, 9.17) is 9.78 Å². The Morgan fingerprint density at radius 2 is 1.84 bits per heavy atom. The largest absolute Gasteiger partial charge is 0.339 e. The van der Waals surface area contributed by atoms with Gasteiger partial charge in [0.2, 0.25) is 11.8 Å². The van der Waals surface area contributed by atoms with E-state index in [1.165, 1.54) is 19.1 Å². The van der Waals surface area contributed by atoms with E-state index < -0.39 is 4.92 Å². The van der Waals surface area contributed by atoms with Crippen molar-refractivity contribution in [2.45, 2.75) is 13.3 Å². The molecule has 166 valence electrons. The molecular weight excluding hydrogens is 414 g/mol. The van der Waals surface area contributed by atoms with Crippen LogP contribution >= 0.6 is 0 Å². The normalized spacial score (nSPS) is 15.9. The summed E-state index contributed by atoms with van der Waals surface area (Å²) in [4.78, 5) is 49.0. The first-order valence-corrected chi connectivity index (χ1v) is 10.4. The number of fused-ring (bicyclic) bond motifs is 1. The molecule has 2 aromatic carbocycles. The summed E-state index contributed by atoms with van der Waals surface area (Å²) in [6.07, 6.45) is 3.68. The Kier molecular flexibility index (Phi) is 6.18. The number of carbonyl (C=O) groups is 2. The molecule has 0 bridgehead atoms. The number of hydrogen-bond donors (Lipinski definition) is 0. The minimum Gasteiger partial charge on any atom is -0.339 e. The van der Waals surface area contributed by atoms with Gasteiger partial charge in [0, 0.05) is 57.2 Å². The number of benzene rings is 2. The molecule has 2 aliphatic rings. The minimum absolute atomic E-state index is 0.00381. The van der Waals surface area contributed by atoms with Crippen molar-refractivity contribution in [2.24, 2.45) is 0 Å². The van der Waals surface area contributed by atoms with Crippen LogP contribution in [0.25, 0.3) is 17.2 Å². The van der Waals surface area contributed by atoms with Gasteiger partial charge >= 0.3 is 0 Å². The Morgan fingerprint density at radius 3 is 2.56 bits per heavy atom. The van der Waals surface area contributed by atoms with Gasteiger partial charge in [0.05, 0.1) is 17.1 Å². The summed E-state index contributed by atoms with van der Waals surface area (Å²) in [5.74, 6) is 0.396. The fraction of sp³-hybridized carbons (Fsp3) is 0.304. The zero-order valence-electron chi connectivity index (χ0n) is 17.7. The number of carbonyl (C=O) groups excluding carboxylic acids is 2. The molecule has 0 unspecified atom stereocenters. The molecule has 0 aromatic heterocycles. The minimum atomic E-state index is -0.422. The van der Waals surface area contributed by atoms with Crippen LogP contribution in [-0.4, -0.2) is 59.3 Å². The SMILES string of the molecule is CC(=O)N1CCN(C(=O)C=Cc2cccc([N+](=O)[O-])c2-c2ccc3c(c2)CCOO3)CC1. The lowest BCUT2D eigenvalue weighted by Gasteiger charge is -2.33. The fourth-order valence-corrected chi connectivity index (χ4v) is 3.94. The molecule has 9 heteroatoms. The lowest BCUT2D eigenvalue weighted by Crippen LogP contribution is -2.49. The second kappa shape index (κ2) is 9.19. The molecule has 4 rings (SSSR count). The van der Waals surface area contributed by atoms with Gasteiger partial charge in [0.15, 0.2) is 5.75 Å². The summed E-state index contributed by atoms with van der Waals surface area (Å²) < 4.78 is 0. The molecule has 0 N–H and O–H groups in total. The van der Waals surface area contributed by atoms with Gasteiger partial charge < -0.3 is 14.7 Å². The molecule has 0 atom stereocenters. The van der Waals surface area contributed by atoms with Crippen molar-refractivity contribution >= 4 is 23.6 Å². The maximum Gasteiger partial charge on any atom is 0.277 e. The Morgan fingerprint density at radius 1 is 1.09 bits per heavy atom. The van der Waals surface area contributed by atoms with Crippen LogP contribution in [0.1, 0.15) is 18.1 Å². The van der Waals surface area contributed by atoms with E-state index in [0.29, 0.717) is 61.6 Å². The van der Waals surface area contributed by atoms with Gasteiger partial charge in [-0.25, -0.2) is 0 Å². The number of amides is 2. The van der Waals surface area contributed by atoms with Crippen molar-refractivity contribution in [3.05, 3.63) is 63.7 Å². The van der Waals surface area contributed by atoms with Crippen molar-refractivity contribution in [1.82, 2.24) is 9.80 Å². The third kappa shape index (κ3) is 4.47. The quantitative estimate of drug-likeness (QED) is 0.315. The van der Waals surface area contributed by atoms with E-state index in [2.05, 4.69) is 0 Å². The number of nitro benzene ring substituents is 1. The maximum atomic E-state index is 12.7. The summed E-state index contributed by atoms with van der Waals surface area (Å²) in [7, 11) is 0. The maximum absolute atomic E-state index is 12.7. The van der Waals surface area contributed by atoms with E-state index in [0.717, 1.165) is 5.56 Å². The predicted molar refractivity (Wildman–Crippen MR) is 117 cm³/mol. The number of piperazine rings is 1. The molecule has 0 radical (unpaired) electrons. The topological polar surface area (TPSA) is 102 Å². The van der Waals surface area contributed by atoms with E-state index >= 15 is 0 Å². The van der Waals surface area contributed by atoms with E-state index in [-0.39, 0.29) is 17.5 Å². The van der Waals surface area contributed by atoms with Crippen molar-refractivity contribution in [3.8, 4) is 16.9 Å². The number of rotatable bonds is 4. The highest BCUT2D eigenvalue weighted by Crippen LogP contribution is 2.37. The summed E-state index contributed by atoms with van der Waals surface area (Å²) in [6.45, 7) is 3.83. The molecule has 9 nitrogen and oxygen atoms in total. The predicted octanol–water partition coefficient (Wildman–Crippen LogP) is 2.83. The summed E-state index contributed by atoms with van der Waals surface area (Å²) in [5, 5.41) is 11.7. The Labute approximate surface area is 184 Å². The summed E-state index contributed by atoms with van der Waals surface area (Å²) in [6, 6.07) is 10.1. The van der Waals surface area contributed by atoms with Gasteiger partial charge in [-0.1, -0.05) is 18.2 Å². The molecule has 1 saturated heterocycles. The molecule has 2 amide bonds. The third-order valence-electron chi connectivity index (χ3n) is 5.67. The van der Waals surface area contributed by atoms with Crippen LogP contribution in [0.2, 0.25) is 0 Å². The highest BCUT2D eigenvalue weighted by atomic mass is 17.2. The zero-order valence-corrected chi connectivity index (χ0v) is 17.7. The van der Waals surface area contributed by atoms with Crippen LogP contribution in [0.3, 0.4) is 0 Å². The molecule has 0 aliphatic carbocycles. The van der Waals surface area contributed by atoms with E-state index in [1.54, 1.807) is 40.1 Å². The molecule has 2 aliphatic heterocycles. The lowest BCUT2D eigenvalue weighted by atomic mass is 9.95. The van der Waals surface area contributed by atoms with Crippen molar-refractivity contribution in [1.29, 1.82) is 0 Å². The standard InChI is InChI=1S/C23H23N3O6/c1-16(27)24-10-12-25(13-11-24)22(28)8-6-17-3-2-4-20(26(29)30)23(17)19-5-7-21-18(15-19)9-14-31-32-21/h2-8,15H,9-14H2,1H3. The molecule has 0 saturated carbocycles. The Balaban J connectivity index is 1.62. The van der Waals surface area contributed by atoms with Gasteiger partial charge in [-0.2, -0.15) is 4.89 Å². The van der Waals surface area contributed by atoms with E-state index in [9.17, 15) is 19.7 Å². The first-order valence-electron chi connectivity index (χ1n) is 10.4. The molecule has 1 fully saturated rings. The van der Waals surface area contributed by atoms with Gasteiger partial charge in [-0.3, -0.25) is 19.7 Å². The highest BCUT2D eigenvalue weighted by molar-refractivity contribution is 5.94. The van der Waals surface area contributed by atoms with Gasteiger partial charge in [-0.05, 0) is 29.3 Å². The van der Waals surface area contributed by atoms with Gasteiger partial charge in [-0.15, -0.1) is 0 Å². The Hall–Kier alpha value is -3.72. The van der Waals surface area contributed by atoms with Gasteiger partial charge in [0.1, 0.15) is 0 Å². The number of nitrogens with zero attached hydrogens (tertiary/aromatic N) is 3. The van der Waals surface area contributed by atoms with Crippen molar-refractivity contribution < 1.29 is 24.3 Å².